The Kier molecular flexibility index (Phi) is 20.8. The molecular formula is C53H81NO7Si3. The largest absolute Gasteiger partial charge is 0.447 e. The minimum absolute atomic E-state index is 0.0869. The van der Waals surface area contributed by atoms with Gasteiger partial charge in [-0.1, -0.05) is 173 Å². The maximum absolute atomic E-state index is 14.7. The molecule has 0 aromatic heterocycles. The summed E-state index contributed by atoms with van der Waals surface area (Å²) in [5.41, 5.74) is 1.04. The molecule has 0 bridgehead atoms. The third-order valence-electron chi connectivity index (χ3n) is 14.3. The fourth-order valence-corrected chi connectivity index (χ4v) is 20.3. The highest BCUT2D eigenvalue weighted by molar-refractivity contribution is 6.99. The average molecular weight is 928 g/mol. The minimum atomic E-state index is -2.61. The monoisotopic (exact) mass is 928 g/mol. The van der Waals surface area contributed by atoms with E-state index in [-0.39, 0.29) is 23.5 Å². The van der Waals surface area contributed by atoms with Crippen LogP contribution in [0.4, 0.5) is 4.79 Å². The number of benzene rings is 3. The molecule has 6 atom stereocenters. The first kappa shape index (κ1) is 53.3. The van der Waals surface area contributed by atoms with Crippen LogP contribution in [0.25, 0.3) is 0 Å². The highest BCUT2D eigenvalue weighted by Crippen LogP contribution is 2.38. The molecule has 352 valence electrons. The highest BCUT2D eigenvalue weighted by Gasteiger charge is 2.50. The van der Waals surface area contributed by atoms with Crippen LogP contribution in [0.3, 0.4) is 0 Å². The zero-order valence-electron chi connectivity index (χ0n) is 41.2. The van der Waals surface area contributed by atoms with Gasteiger partial charge in [0.05, 0.1) is 24.2 Å². The van der Waals surface area contributed by atoms with Crippen LogP contribution < -0.4 is 10.4 Å². The third kappa shape index (κ3) is 13.2. The predicted octanol–water partition coefficient (Wildman–Crippen LogP) is 11.1. The standard InChI is InChI=1S/C53H81NO7Si3/c1-12-62(13-2,14-3)60-49(40-46(55)33-25-18-19-30-38-59-64(53(9,10)11,47-34-26-21-27-35-47)48-36-28-22-29-37-48)42(7)50(61-63(15-4,16-5)17-6)43(8)51(56)54-45(41-58-52(54)57)39-44-31-23-20-24-32-44/h20-24,26-29,31-32,34-37,42-43,45-46,49-50,55H,12-19,30,38-41H2,1-11H3/t42-,43+,45+,46+,49-,50-/m1/s1. The number of carbonyl (C=O) groups is 2. The Balaban J connectivity index is 1.55. The minimum Gasteiger partial charge on any atom is -0.447 e. The average Bonchev–Trinajstić information content (AvgIpc) is 3.68. The first-order valence-corrected chi connectivity index (χ1v) is 31.4. The number of hydrogen-bond acceptors (Lipinski definition) is 7. The van der Waals surface area contributed by atoms with Gasteiger partial charge in [0, 0.05) is 25.4 Å². The molecule has 8 nitrogen and oxygen atoms in total. The van der Waals surface area contributed by atoms with Crippen molar-refractivity contribution in [1.82, 2.24) is 4.90 Å². The van der Waals surface area contributed by atoms with E-state index in [0.717, 1.165) is 54.7 Å². The summed E-state index contributed by atoms with van der Waals surface area (Å²) in [5, 5.41) is 14.1. The second-order valence-corrected chi connectivity index (χ2v) is 32.8. The molecule has 0 spiro atoms. The van der Waals surface area contributed by atoms with Crippen molar-refractivity contribution in [2.75, 3.05) is 13.2 Å². The van der Waals surface area contributed by atoms with Gasteiger partial charge < -0.3 is 23.1 Å². The molecular weight excluding hydrogens is 847 g/mol. The van der Waals surface area contributed by atoms with Crippen molar-refractivity contribution < 1.29 is 32.7 Å². The number of hydrogen-bond donors (Lipinski definition) is 1. The van der Waals surface area contributed by atoms with Crippen molar-refractivity contribution in [1.29, 1.82) is 0 Å². The lowest BCUT2D eigenvalue weighted by atomic mass is 9.86. The summed E-state index contributed by atoms with van der Waals surface area (Å²) in [7, 11) is -7.11. The van der Waals surface area contributed by atoms with E-state index in [1.54, 1.807) is 0 Å². The Morgan fingerprint density at radius 1 is 0.781 bits per heavy atom. The Morgan fingerprint density at radius 2 is 1.28 bits per heavy atom. The molecule has 0 unspecified atom stereocenters. The predicted molar refractivity (Wildman–Crippen MR) is 270 cm³/mol. The Hall–Kier alpha value is -3.35. The lowest BCUT2D eigenvalue weighted by molar-refractivity contribution is -0.138. The number of nitrogens with zero attached hydrogens (tertiary/aromatic N) is 1. The molecule has 1 aliphatic heterocycles. The van der Waals surface area contributed by atoms with E-state index in [2.05, 4.69) is 142 Å². The van der Waals surface area contributed by atoms with Crippen molar-refractivity contribution in [3.8, 4) is 11.8 Å². The van der Waals surface area contributed by atoms with Crippen molar-refractivity contribution in [3.05, 3.63) is 96.6 Å². The third-order valence-corrected chi connectivity index (χ3v) is 28.7. The van der Waals surface area contributed by atoms with E-state index < -0.39 is 61.3 Å². The normalized spacial score (nSPS) is 17.2. The number of aliphatic hydroxyl groups is 1. The molecule has 0 aliphatic carbocycles. The smallest absolute Gasteiger partial charge is 0.416 e. The van der Waals surface area contributed by atoms with Crippen molar-refractivity contribution in [2.45, 2.75) is 174 Å². The van der Waals surface area contributed by atoms with Gasteiger partial charge in [0.15, 0.2) is 16.6 Å². The summed E-state index contributed by atoms with van der Waals surface area (Å²) in [6.45, 7) is 24.9. The number of cyclic esters (lactones) is 1. The molecule has 1 aliphatic rings. The van der Waals surface area contributed by atoms with Crippen LogP contribution in [-0.4, -0.2) is 84.5 Å². The second kappa shape index (κ2) is 25.0. The first-order chi connectivity index (χ1) is 30.6. The first-order valence-electron chi connectivity index (χ1n) is 24.4. The molecule has 3 aromatic rings. The van der Waals surface area contributed by atoms with Gasteiger partial charge >= 0.3 is 6.09 Å². The Labute approximate surface area is 390 Å². The second-order valence-electron chi connectivity index (χ2n) is 19.0. The Morgan fingerprint density at radius 3 is 1.78 bits per heavy atom. The Bertz CT molecular complexity index is 1850. The number of ether oxygens (including phenoxy) is 1. The molecule has 1 N–H and O–H groups in total. The van der Waals surface area contributed by atoms with E-state index in [9.17, 15) is 14.7 Å². The number of amides is 2. The summed E-state index contributed by atoms with van der Waals surface area (Å²) in [4.78, 5) is 29.4. The zero-order chi connectivity index (χ0) is 47.0. The van der Waals surface area contributed by atoms with Crippen LogP contribution in [0, 0.1) is 23.7 Å². The van der Waals surface area contributed by atoms with Crippen molar-refractivity contribution >= 4 is 47.3 Å². The molecule has 1 heterocycles. The van der Waals surface area contributed by atoms with Crippen LogP contribution in [0.1, 0.15) is 107 Å². The maximum atomic E-state index is 14.7. The molecule has 64 heavy (non-hydrogen) atoms. The van der Waals surface area contributed by atoms with Crippen LogP contribution in [0.15, 0.2) is 91.0 Å². The molecule has 1 fully saturated rings. The quantitative estimate of drug-likeness (QED) is 0.0514. The summed E-state index contributed by atoms with van der Waals surface area (Å²) in [5.74, 6) is 5.28. The molecule has 3 aromatic carbocycles. The summed E-state index contributed by atoms with van der Waals surface area (Å²) in [6.07, 6.45) is 0.717. The topological polar surface area (TPSA) is 94.5 Å². The van der Waals surface area contributed by atoms with Crippen molar-refractivity contribution in [2.24, 2.45) is 11.8 Å². The summed E-state index contributed by atoms with van der Waals surface area (Å²) < 4.78 is 27.3. The fraction of sp³-hybridized carbons (Fsp3) is 0.585. The number of aliphatic hydroxyl groups excluding tert-OH is 1. The van der Waals surface area contributed by atoms with Gasteiger partial charge in [0.1, 0.15) is 12.7 Å². The van der Waals surface area contributed by atoms with Gasteiger partial charge in [0.25, 0.3) is 8.32 Å². The van der Waals surface area contributed by atoms with Gasteiger partial charge in [-0.25, -0.2) is 9.69 Å². The summed E-state index contributed by atoms with van der Waals surface area (Å²) >= 11 is 0. The molecule has 11 heteroatoms. The van der Waals surface area contributed by atoms with Gasteiger partial charge in [-0.15, -0.1) is 5.92 Å². The SMILES string of the molecule is CC[Si](CC)(CC)O[C@H]([C@H](C)[C@@H](C[C@@H](O)C#CCCCCO[Si](c1ccccc1)(c1ccccc1)C(C)(C)C)O[Si](CC)(CC)CC)[C@H](C)C(=O)N1C(=O)OC[C@@H]1Cc1ccccc1. The van der Waals surface area contributed by atoms with Crippen LogP contribution in [0.2, 0.25) is 41.3 Å². The number of unbranched alkanes of at least 4 members (excludes halogenated alkanes) is 2. The van der Waals surface area contributed by atoms with Crippen LogP contribution >= 0.6 is 0 Å². The van der Waals surface area contributed by atoms with E-state index in [0.29, 0.717) is 25.9 Å². The van der Waals surface area contributed by atoms with E-state index in [1.165, 1.54) is 15.3 Å². The van der Waals surface area contributed by atoms with Gasteiger partial charge in [-0.05, 0) is 76.5 Å². The summed E-state index contributed by atoms with van der Waals surface area (Å²) in [6, 6.07) is 36.5. The maximum Gasteiger partial charge on any atom is 0.416 e. The fourth-order valence-electron chi connectivity index (χ4n) is 9.75. The van der Waals surface area contributed by atoms with Gasteiger partial charge in [-0.3, -0.25) is 4.79 Å². The number of rotatable bonds is 25. The number of carbonyl (C=O) groups excluding carboxylic acids is 2. The van der Waals surface area contributed by atoms with E-state index >= 15 is 0 Å². The van der Waals surface area contributed by atoms with Gasteiger partial charge in [0.2, 0.25) is 5.91 Å². The molecule has 0 radical (unpaired) electrons. The van der Waals surface area contributed by atoms with Crippen LogP contribution in [-0.2, 0) is 29.2 Å². The molecule has 2 amide bonds. The van der Waals surface area contributed by atoms with Gasteiger partial charge in [-0.2, -0.15) is 0 Å². The van der Waals surface area contributed by atoms with Crippen molar-refractivity contribution in [3.63, 3.8) is 0 Å². The van der Waals surface area contributed by atoms with E-state index in [4.69, 9.17) is 18.0 Å². The lowest BCUT2D eigenvalue weighted by Gasteiger charge is -2.44. The van der Waals surface area contributed by atoms with E-state index in [1.807, 2.05) is 37.3 Å². The highest BCUT2D eigenvalue weighted by atomic mass is 28.4. The molecule has 0 saturated carbocycles. The lowest BCUT2D eigenvalue weighted by Crippen LogP contribution is -2.66. The molecule has 4 rings (SSSR count). The zero-order valence-corrected chi connectivity index (χ0v) is 44.2. The molecule has 1 saturated heterocycles. The van der Waals surface area contributed by atoms with Crippen LogP contribution in [0.5, 0.6) is 0 Å². The number of imide groups is 1.